The monoisotopic (exact) mass is 484 g/mol. The van der Waals surface area contributed by atoms with Crippen molar-refractivity contribution < 1.29 is 22.0 Å². The first-order chi connectivity index (χ1) is 15.3. The summed E-state index contributed by atoms with van der Waals surface area (Å²) in [5.74, 6) is -0.500. The van der Waals surface area contributed by atoms with Gasteiger partial charge in [0.1, 0.15) is 29.4 Å². The maximum Gasteiger partial charge on any atom is 0.419 e. The Labute approximate surface area is 190 Å². The van der Waals surface area contributed by atoms with Gasteiger partial charge in [0, 0.05) is 37.0 Å². The molecule has 33 heavy (non-hydrogen) atoms. The number of anilines is 1. The van der Waals surface area contributed by atoms with Crippen molar-refractivity contribution >= 4 is 29.3 Å². The molecule has 12 heteroatoms. The number of aromatic amines is 2. The first-order valence-electron chi connectivity index (χ1n) is 9.96. The van der Waals surface area contributed by atoms with E-state index in [9.17, 15) is 22.0 Å². The summed E-state index contributed by atoms with van der Waals surface area (Å²) in [7, 11) is 0. The third kappa shape index (κ3) is 4.24. The van der Waals surface area contributed by atoms with Crippen molar-refractivity contribution in [1.29, 1.82) is 0 Å². The van der Waals surface area contributed by atoms with Crippen LogP contribution in [0.4, 0.5) is 27.8 Å². The molecular formula is C21H18ClF5N6. The van der Waals surface area contributed by atoms with Crippen LogP contribution in [-0.4, -0.2) is 38.0 Å². The average Bonchev–Trinajstić information content (AvgIpc) is 3.41. The molecule has 2 N–H and O–H groups in total. The number of piperidine rings is 1. The highest BCUT2D eigenvalue weighted by molar-refractivity contribution is 5.88. The maximum absolute atomic E-state index is 14.1. The Morgan fingerprint density at radius 2 is 1.73 bits per heavy atom. The Hall–Kier alpha value is -3.21. The van der Waals surface area contributed by atoms with Crippen LogP contribution in [0.25, 0.3) is 22.3 Å². The third-order valence-electron chi connectivity index (χ3n) is 5.75. The number of imidazole rings is 1. The minimum absolute atomic E-state index is 0. The van der Waals surface area contributed by atoms with Gasteiger partial charge in [-0.25, -0.2) is 23.7 Å². The molecule has 174 valence electrons. The van der Waals surface area contributed by atoms with Gasteiger partial charge >= 0.3 is 6.18 Å². The fourth-order valence-corrected chi connectivity index (χ4v) is 4.11. The number of fused-ring (bicyclic) bond motifs is 1. The molecule has 0 amide bonds. The maximum atomic E-state index is 14.1. The van der Waals surface area contributed by atoms with Crippen molar-refractivity contribution in [3.05, 3.63) is 59.9 Å². The summed E-state index contributed by atoms with van der Waals surface area (Å²) in [5.41, 5.74) is -0.381. The van der Waals surface area contributed by atoms with Crippen LogP contribution in [0.15, 0.2) is 36.9 Å². The SMILES string of the molecule is Cl.Fc1ccc(-c2c[nH]c(C3CCN(c4ncnc5[nH]cc(F)c45)CC3)n2)cc1C(F)(F)F. The molecule has 5 rings (SSSR count). The van der Waals surface area contributed by atoms with Crippen LogP contribution in [0.2, 0.25) is 0 Å². The second-order valence-electron chi connectivity index (χ2n) is 7.68. The van der Waals surface area contributed by atoms with Crippen molar-refractivity contribution in [2.24, 2.45) is 0 Å². The Balaban J connectivity index is 0.00000259. The van der Waals surface area contributed by atoms with Crippen LogP contribution in [0.5, 0.6) is 0 Å². The summed E-state index contributed by atoms with van der Waals surface area (Å²) in [4.78, 5) is 20.5. The first kappa shape index (κ1) is 23.0. The lowest BCUT2D eigenvalue weighted by atomic mass is 9.96. The molecule has 0 bridgehead atoms. The molecule has 0 radical (unpaired) electrons. The van der Waals surface area contributed by atoms with E-state index in [1.54, 1.807) is 0 Å². The van der Waals surface area contributed by atoms with E-state index in [2.05, 4.69) is 24.9 Å². The van der Waals surface area contributed by atoms with E-state index in [0.717, 1.165) is 12.1 Å². The van der Waals surface area contributed by atoms with Crippen molar-refractivity contribution in [3.63, 3.8) is 0 Å². The quantitative estimate of drug-likeness (QED) is 0.379. The van der Waals surface area contributed by atoms with Crippen LogP contribution in [-0.2, 0) is 6.18 Å². The van der Waals surface area contributed by atoms with Crippen LogP contribution in [0, 0.1) is 11.6 Å². The van der Waals surface area contributed by atoms with E-state index < -0.39 is 23.4 Å². The number of rotatable bonds is 3. The number of nitrogens with zero attached hydrogens (tertiary/aromatic N) is 4. The van der Waals surface area contributed by atoms with E-state index in [1.807, 2.05) is 4.90 Å². The van der Waals surface area contributed by atoms with Crippen LogP contribution < -0.4 is 4.90 Å². The Morgan fingerprint density at radius 1 is 0.970 bits per heavy atom. The summed E-state index contributed by atoms with van der Waals surface area (Å²) in [6, 6.07) is 2.84. The lowest BCUT2D eigenvalue weighted by molar-refractivity contribution is -0.139. The number of halogens is 6. The van der Waals surface area contributed by atoms with Gasteiger partial charge in [0.2, 0.25) is 0 Å². The molecule has 4 aromatic rings. The molecule has 0 saturated carbocycles. The van der Waals surface area contributed by atoms with Gasteiger partial charge in [-0.05, 0) is 31.0 Å². The number of nitrogens with one attached hydrogen (secondary N) is 2. The highest BCUT2D eigenvalue weighted by Gasteiger charge is 2.34. The summed E-state index contributed by atoms with van der Waals surface area (Å²) in [5, 5.41) is 0.350. The highest BCUT2D eigenvalue weighted by atomic mass is 35.5. The standard InChI is InChI=1S/C21H17F5N6.ClH/c22-14-2-1-12(7-13(14)21(24,25)26)16-9-28-18(31-16)11-3-5-32(6-4-11)20-17-15(23)8-27-19(17)29-10-30-20;/h1-2,7-11H,3-6H2,(H,28,31)(H,27,29,30);1H. The first-order valence-corrected chi connectivity index (χ1v) is 9.96. The van der Waals surface area contributed by atoms with Gasteiger partial charge in [-0.2, -0.15) is 13.2 Å². The minimum Gasteiger partial charge on any atom is -0.356 e. The lowest BCUT2D eigenvalue weighted by Crippen LogP contribution is -2.34. The largest absolute Gasteiger partial charge is 0.419 e. The van der Waals surface area contributed by atoms with Gasteiger partial charge in [-0.3, -0.25) is 0 Å². The van der Waals surface area contributed by atoms with E-state index in [4.69, 9.17) is 0 Å². The zero-order valence-corrected chi connectivity index (χ0v) is 17.8. The predicted octanol–water partition coefficient (Wildman–Crippen LogP) is 5.45. The molecule has 1 aliphatic heterocycles. The second-order valence-corrected chi connectivity index (χ2v) is 7.68. The van der Waals surface area contributed by atoms with Crippen molar-refractivity contribution in [2.45, 2.75) is 24.9 Å². The lowest BCUT2D eigenvalue weighted by Gasteiger charge is -2.32. The molecule has 0 spiro atoms. The Bertz CT molecular complexity index is 1280. The summed E-state index contributed by atoms with van der Waals surface area (Å²) in [6.45, 7) is 1.21. The molecule has 1 saturated heterocycles. The molecule has 4 heterocycles. The van der Waals surface area contributed by atoms with E-state index in [1.165, 1.54) is 24.8 Å². The van der Waals surface area contributed by atoms with E-state index in [0.29, 0.717) is 54.3 Å². The van der Waals surface area contributed by atoms with Gasteiger partial charge < -0.3 is 14.9 Å². The Morgan fingerprint density at radius 3 is 2.45 bits per heavy atom. The number of hydrogen-bond acceptors (Lipinski definition) is 4. The minimum atomic E-state index is -4.78. The van der Waals surface area contributed by atoms with Gasteiger partial charge in [0.05, 0.1) is 16.6 Å². The van der Waals surface area contributed by atoms with E-state index >= 15 is 0 Å². The molecular weight excluding hydrogens is 467 g/mol. The second kappa shape index (κ2) is 8.62. The fraction of sp³-hybridized carbons (Fsp3) is 0.286. The van der Waals surface area contributed by atoms with E-state index in [-0.39, 0.29) is 23.9 Å². The highest BCUT2D eigenvalue weighted by Crippen LogP contribution is 2.35. The van der Waals surface area contributed by atoms with Gasteiger partial charge in [-0.15, -0.1) is 12.4 Å². The summed E-state index contributed by atoms with van der Waals surface area (Å²) in [6.07, 6.45) is 0.773. The van der Waals surface area contributed by atoms with Crippen molar-refractivity contribution in [3.8, 4) is 11.3 Å². The van der Waals surface area contributed by atoms with Crippen molar-refractivity contribution in [1.82, 2.24) is 24.9 Å². The molecule has 1 aromatic carbocycles. The summed E-state index contributed by atoms with van der Waals surface area (Å²) < 4.78 is 66.8. The molecule has 1 aliphatic rings. The summed E-state index contributed by atoms with van der Waals surface area (Å²) >= 11 is 0. The number of hydrogen-bond donors (Lipinski definition) is 2. The number of benzene rings is 1. The molecule has 0 atom stereocenters. The molecule has 0 aliphatic carbocycles. The number of alkyl halides is 3. The van der Waals surface area contributed by atoms with Gasteiger partial charge in [-0.1, -0.05) is 0 Å². The Kier molecular flexibility index (Phi) is 6.00. The van der Waals surface area contributed by atoms with Gasteiger partial charge in [0.15, 0.2) is 5.82 Å². The third-order valence-corrected chi connectivity index (χ3v) is 5.75. The zero-order valence-electron chi connectivity index (χ0n) is 17.0. The van der Waals surface area contributed by atoms with Crippen LogP contribution in [0.1, 0.15) is 30.1 Å². The molecule has 6 nitrogen and oxygen atoms in total. The topological polar surface area (TPSA) is 73.5 Å². The van der Waals surface area contributed by atoms with Gasteiger partial charge in [0.25, 0.3) is 0 Å². The number of H-pyrrole nitrogens is 2. The number of aromatic nitrogens is 5. The smallest absolute Gasteiger partial charge is 0.356 e. The molecule has 0 unspecified atom stereocenters. The zero-order chi connectivity index (χ0) is 22.5. The molecule has 1 fully saturated rings. The predicted molar refractivity (Wildman–Crippen MR) is 114 cm³/mol. The average molecular weight is 485 g/mol. The van der Waals surface area contributed by atoms with Crippen LogP contribution in [0.3, 0.4) is 0 Å². The fourth-order valence-electron chi connectivity index (χ4n) is 4.11. The molecule has 3 aromatic heterocycles. The normalized spacial score (nSPS) is 15.1. The van der Waals surface area contributed by atoms with Crippen LogP contribution >= 0.6 is 12.4 Å². The van der Waals surface area contributed by atoms with Crippen molar-refractivity contribution in [2.75, 3.05) is 18.0 Å².